The van der Waals surface area contributed by atoms with Gasteiger partial charge < -0.3 is 9.52 Å². The molecule has 1 aromatic heterocycles. The Morgan fingerprint density at radius 3 is 2.76 bits per heavy atom. The Morgan fingerprint density at radius 1 is 1.19 bits per heavy atom. The summed E-state index contributed by atoms with van der Waals surface area (Å²) in [6.07, 6.45) is 0. The van der Waals surface area contributed by atoms with Gasteiger partial charge >= 0.3 is 0 Å². The molecular weight excluding hydrogens is 286 g/mol. The van der Waals surface area contributed by atoms with Crippen molar-refractivity contribution < 1.29 is 9.52 Å². The number of fused-ring (bicyclic) bond motifs is 1. The zero-order valence-electron chi connectivity index (χ0n) is 11.3. The Morgan fingerprint density at radius 2 is 2.00 bits per heavy atom. The fourth-order valence-electron chi connectivity index (χ4n) is 2.29. The molecule has 1 unspecified atom stereocenters. The molecule has 104 valence electrons. The van der Waals surface area contributed by atoms with E-state index in [0.717, 1.165) is 5.39 Å². The number of hydrogen-bond donors (Lipinski definition) is 1. The number of aliphatic hydroxyl groups is 1. The van der Waals surface area contributed by atoms with Crippen molar-refractivity contribution in [1.29, 1.82) is 5.26 Å². The van der Waals surface area contributed by atoms with Crippen LogP contribution < -0.4 is 0 Å². The van der Waals surface area contributed by atoms with Gasteiger partial charge in [-0.15, -0.1) is 0 Å². The molecule has 0 amide bonds. The van der Waals surface area contributed by atoms with Crippen molar-refractivity contribution in [2.75, 3.05) is 0 Å². The van der Waals surface area contributed by atoms with Crippen molar-refractivity contribution in [3.05, 3.63) is 70.4 Å². The van der Waals surface area contributed by atoms with Crippen LogP contribution in [-0.4, -0.2) is 5.11 Å². The summed E-state index contributed by atoms with van der Waals surface area (Å²) in [4.78, 5) is 0. The molecular formula is C17H12ClNO2. The lowest BCUT2D eigenvalue weighted by Gasteiger charge is -2.21. The van der Waals surface area contributed by atoms with Crippen LogP contribution in [0.3, 0.4) is 0 Å². The average molecular weight is 298 g/mol. The smallest absolute Gasteiger partial charge is 0.144 e. The van der Waals surface area contributed by atoms with E-state index in [1.165, 1.54) is 0 Å². The molecule has 1 N–H and O–H groups in total. The summed E-state index contributed by atoms with van der Waals surface area (Å²) >= 11 is 5.96. The molecule has 0 aliphatic carbocycles. The lowest BCUT2D eigenvalue weighted by Crippen LogP contribution is -2.22. The molecule has 3 nitrogen and oxygen atoms in total. The van der Waals surface area contributed by atoms with Gasteiger partial charge in [-0.1, -0.05) is 23.7 Å². The van der Waals surface area contributed by atoms with Crippen LogP contribution in [0.2, 0.25) is 5.02 Å². The van der Waals surface area contributed by atoms with Gasteiger partial charge in [0.05, 0.1) is 11.6 Å². The quantitative estimate of drug-likeness (QED) is 0.770. The number of benzene rings is 2. The van der Waals surface area contributed by atoms with E-state index in [2.05, 4.69) is 6.07 Å². The molecule has 0 aliphatic rings. The third-order valence-corrected chi connectivity index (χ3v) is 3.75. The monoisotopic (exact) mass is 297 g/mol. The highest BCUT2D eigenvalue weighted by Gasteiger charge is 2.30. The highest BCUT2D eigenvalue weighted by Crippen LogP contribution is 2.34. The maximum Gasteiger partial charge on any atom is 0.144 e. The molecule has 0 saturated heterocycles. The van der Waals surface area contributed by atoms with Crippen molar-refractivity contribution in [3.63, 3.8) is 0 Å². The molecule has 1 atom stereocenters. The highest BCUT2D eigenvalue weighted by atomic mass is 35.5. The zero-order valence-corrected chi connectivity index (χ0v) is 12.1. The fourth-order valence-corrected chi connectivity index (χ4v) is 2.47. The molecule has 2 aromatic carbocycles. The van der Waals surface area contributed by atoms with E-state index in [1.807, 2.05) is 0 Å². The summed E-state index contributed by atoms with van der Waals surface area (Å²) in [5.41, 5.74) is 0.433. The molecule has 21 heavy (non-hydrogen) atoms. The molecule has 0 spiro atoms. The first-order chi connectivity index (χ1) is 10.0. The molecule has 0 bridgehead atoms. The Hall–Kier alpha value is -2.28. The maximum atomic E-state index is 10.8. The normalized spacial score (nSPS) is 13.8. The van der Waals surface area contributed by atoms with E-state index < -0.39 is 5.60 Å². The van der Waals surface area contributed by atoms with Crippen LogP contribution in [0.5, 0.6) is 0 Å². The molecule has 4 heteroatoms. The van der Waals surface area contributed by atoms with Gasteiger partial charge in [0.25, 0.3) is 0 Å². The van der Waals surface area contributed by atoms with Crippen LogP contribution in [0.4, 0.5) is 0 Å². The van der Waals surface area contributed by atoms with E-state index >= 15 is 0 Å². The van der Waals surface area contributed by atoms with Crippen molar-refractivity contribution in [2.45, 2.75) is 12.5 Å². The van der Waals surface area contributed by atoms with Gasteiger partial charge in [0, 0.05) is 10.4 Å². The minimum absolute atomic E-state index is 0.412. The van der Waals surface area contributed by atoms with Crippen LogP contribution in [0.15, 0.2) is 52.9 Å². The third-order valence-electron chi connectivity index (χ3n) is 3.51. The second-order valence-electron chi connectivity index (χ2n) is 5.06. The molecule has 0 saturated carbocycles. The van der Waals surface area contributed by atoms with Gasteiger partial charge in [-0.3, -0.25) is 0 Å². The van der Waals surface area contributed by atoms with Crippen molar-refractivity contribution in [2.24, 2.45) is 0 Å². The predicted octanol–water partition coefficient (Wildman–Crippen LogP) is 4.21. The molecule has 1 heterocycles. The fraction of sp³-hybridized carbons (Fsp3) is 0.118. The molecule has 0 radical (unpaired) electrons. The number of hydrogen-bond acceptors (Lipinski definition) is 3. The first-order valence-electron chi connectivity index (χ1n) is 6.43. The van der Waals surface area contributed by atoms with E-state index in [4.69, 9.17) is 21.3 Å². The molecule has 3 rings (SSSR count). The maximum absolute atomic E-state index is 10.8. The van der Waals surface area contributed by atoms with Crippen molar-refractivity contribution in [3.8, 4) is 6.07 Å². The largest absolute Gasteiger partial charge is 0.458 e. The molecule has 3 aromatic rings. The van der Waals surface area contributed by atoms with Crippen LogP contribution in [-0.2, 0) is 5.60 Å². The van der Waals surface area contributed by atoms with E-state index in [9.17, 15) is 5.11 Å². The van der Waals surface area contributed by atoms with Gasteiger partial charge in [-0.2, -0.15) is 5.26 Å². The molecule has 0 fully saturated rings. The summed E-state index contributed by atoms with van der Waals surface area (Å²) in [6.45, 7) is 1.64. The summed E-state index contributed by atoms with van der Waals surface area (Å²) in [5, 5.41) is 21.2. The first kappa shape index (κ1) is 13.7. The second-order valence-corrected chi connectivity index (χ2v) is 5.49. The summed E-state index contributed by atoms with van der Waals surface area (Å²) < 4.78 is 5.72. The lowest BCUT2D eigenvalue weighted by atomic mass is 9.92. The van der Waals surface area contributed by atoms with Crippen LogP contribution in [0.1, 0.15) is 23.8 Å². The zero-order chi connectivity index (χ0) is 15.0. The molecule has 0 aliphatic heterocycles. The topological polar surface area (TPSA) is 57.2 Å². The minimum atomic E-state index is -1.32. The van der Waals surface area contributed by atoms with Crippen molar-refractivity contribution >= 4 is 22.6 Å². The number of furan rings is 1. The summed E-state index contributed by atoms with van der Waals surface area (Å²) in [7, 11) is 0. The van der Waals surface area contributed by atoms with Crippen LogP contribution >= 0.6 is 11.6 Å². The Labute approximate surface area is 127 Å². The second kappa shape index (κ2) is 4.92. The number of nitrogens with zero attached hydrogens (tertiary/aromatic N) is 1. The van der Waals surface area contributed by atoms with Gasteiger partial charge in [-0.25, -0.2) is 0 Å². The number of nitriles is 1. The van der Waals surface area contributed by atoms with Gasteiger partial charge in [0.2, 0.25) is 0 Å². The van der Waals surface area contributed by atoms with Gasteiger partial charge in [0.1, 0.15) is 16.9 Å². The van der Waals surface area contributed by atoms with Crippen molar-refractivity contribution in [1.82, 2.24) is 0 Å². The Bertz CT molecular complexity index is 859. The van der Waals surface area contributed by atoms with E-state index in [0.29, 0.717) is 27.5 Å². The predicted molar refractivity (Wildman–Crippen MR) is 81.1 cm³/mol. The van der Waals surface area contributed by atoms with E-state index in [-0.39, 0.29) is 0 Å². The van der Waals surface area contributed by atoms with E-state index in [1.54, 1.807) is 55.5 Å². The standard InChI is InChI=1S/C17H12ClNO2/c1-17(20,13-4-2-3-11(7-13)10-19)16-9-12-8-14(18)5-6-15(12)21-16/h2-9,20H,1H3. The SMILES string of the molecule is CC(O)(c1cccc(C#N)c1)c1cc2cc(Cl)ccc2o1. The minimum Gasteiger partial charge on any atom is -0.458 e. The third kappa shape index (κ3) is 2.40. The number of rotatable bonds is 2. The Balaban J connectivity index is 2.12. The van der Waals surface area contributed by atoms with Gasteiger partial charge in [0.15, 0.2) is 0 Å². The summed E-state index contributed by atoms with van der Waals surface area (Å²) in [6, 6.07) is 16.0. The summed E-state index contributed by atoms with van der Waals surface area (Å²) in [5.74, 6) is 0.412. The van der Waals surface area contributed by atoms with Crippen LogP contribution in [0, 0.1) is 11.3 Å². The Kier molecular flexibility index (Phi) is 3.21. The first-order valence-corrected chi connectivity index (χ1v) is 6.81. The van der Waals surface area contributed by atoms with Crippen LogP contribution in [0.25, 0.3) is 11.0 Å². The number of halogens is 1. The lowest BCUT2D eigenvalue weighted by molar-refractivity contribution is 0.0786. The highest BCUT2D eigenvalue weighted by molar-refractivity contribution is 6.31. The average Bonchev–Trinajstić information content (AvgIpc) is 2.91. The van der Waals surface area contributed by atoms with Gasteiger partial charge in [-0.05, 0) is 48.9 Å².